The van der Waals surface area contributed by atoms with E-state index in [2.05, 4.69) is 17.1 Å². The van der Waals surface area contributed by atoms with Gasteiger partial charge in [0, 0.05) is 11.1 Å². The van der Waals surface area contributed by atoms with Crippen molar-refractivity contribution in [1.29, 1.82) is 10.5 Å². The lowest BCUT2D eigenvalue weighted by Crippen LogP contribution is -2.05. The summed E-state index contributed by atoms with van der Waals surface area (Å²) in [6, 6.07) is 22.1. The summed E-state index contributed by atoms with van der Waals surface area (Å²) in [5, 5.41) is 19.5. The number of hydrogen-bond donors (Lipinski definition) is 0. The largest absolute Gasteiger partial charge is 0.477 e. The number of carbonyl (C=O) groups excluding carboxylic acids is 1. The molecular formula is C22H15N3O2S. The average molecular weight is 385 g/mol. The Kier molecular flexibility index (Phi) is 6.06. The molecule has 3 aromatic rings. The molecule has 0 aliphatic rings. The summed E-state index contributed by atoms with van der Waals surface area (Å²) in [6.07, 6.45) is 0. The van der Waals surface area contributed by atoms with E-state index in [1.165, 1.54) is 0 Å². The second-order valence-corrected chi connectivity index (χ2v) is 6.59. The quantitative estimate of drug-likeness (QED) is 0.585. The van der Waals surface area contributed by atoms with Gasteiger partial charge in [0.1, 0.15) is 22.7 Å². The standard InChI is InChI=1S/C22H15N3O2S/c1-2-27-20-17(13-23)19(15-9-5-3-6-10-15)18(14-24)21(25-20)28-22(26)16-11-7-4-8-12-16/h3-12H,2H2,1H3. The van der Waals surface area contributed by atoms with Gasteiger partial charge < -0.3 is 4.74 Å². The number of nitrogens with zero attached hydrogens (tertiary/aromatic N) is 3. The Hall–Kier alpha value is -3.61. The van der Waals surface area contributed by atoms with Crippen LogP contribution in [0.25, 0.3) is 11.1 Å². The van der Waals surface area contributed by atoms with Gasteiger partial charge >= 0.3 is 0 Å². The molecule has 0 saturated carbocycles. The fourth-order valence-electron chi connectivity index (χ4n) is 2.68. The predicted molar refractivity (Wildman–Crippen MR) is 107 cm³/mol. The van der Waals surface area contributed by atoms with Crippen molar-refractivity contribution in [1.82, 2.24) is 4.98 Å². The third-order valence-corrected chi connectivity index (χ3v) is 4.81. The van der Waals surface area contributed by atoms with Gasteiger partial charge in [-0.05, 0) is 24.2 Å². The maximum absolute atomic E-state index is 12.7. The molecule has 0 radical (unpaired) electrons. The first-order valence-electron chi connectivity index (χ1n) is 8.53. The van der Waals surface area contributed by atoms with E-state index < -0.39 is 0 Å². The number of rotatable bonds is 5. The van der Waals surface area contributed by atoms with E-state index >= 15 is 0 Å². The van der Waals surface area contributed by atoms with E-state index in [1.54, 1.807) is 43.3 Å². The van der Waals surface area contributed by atoms with Crippen molar-refractivity contribution in [2.75, 3.05) is 6.61 Å². The lowest BCUT2D eigenvalue weighted by atomic mass is 9.97. The second-order valence-electron chi connectivity index (χ2n) is 5.63. The minimum Gasteiger partial charge on any atom is -0.477 e. The van der Waals surface area contributed by atoms with Crippen LogP contribution in [-0.4, -0.2) is 16.7 Å². The van der Waals surface area contributed by atoms with E-state index in [9.17, 15) is 15.3 Å². The molecule has 1 aromatic heterocycles. The molecule has 0 N–H and O–H groups in total. The highest BCUT2D eigenvalue weighted by Gasteiger charge is 2.24. The molecule has 5 nitrogen and oxygen atoms in total. The van der Waals surface area contributed by atoms with Crippen molar-refractivity contribution in [2.24, 2.45) is 0 Å². The highest BCUT2D eigenvalue weighted by Crippen LogP contribution is 2.38. The van der Waals surface area contributed by atoms with Crippen molar-refractivity contribution in [3.8, 4) is 29.1 Å². The van der Waals surface area contributed by atoms with Gasteiger partial charge in [-0.15, -0.1) is 0 Å². The van der Waals surface area contributed by atoms with Crippen LogP contribution in [0.3, 0.4) is 0 Å². The number of hydrogen-bond acceptors (Lipinski definition) is 6. The van der Waals surface area contributed by atoms with E-state index in [0.29, 0.717) is 23.3 Å². The van der Waals surface area contributed by atoms with Crippen molar-refractivity contribution in [2.45, 2.75) is 11.9 Å². The Labute approximate surface area is 167 Å². The van der Waals surface area contributed by atoms with Crippen molar-refractivity contribution < 1.29 is 9.53 Å². The molecule has 0 fully saturated rings. The normalized spacial score (nSPS) is 9.96. The van der Waals surface area contributed by atoms with Crippen LogP contribution in [0, 0.1) is 22.7 Å². The summed E-state index contributed by atoms with van der Waals surface area (Å²) in [7, 11) is 0. The first kappa shape index (κ1) is 19.2. The van der Waals surface area contributed by atoms with Gasteiger partial charge in [-0.1, -0.05) is 60.7 Å². The van der Waals surface area contributed by atoms with Gasteiger partial charge in [0.15, 0.2) is 0 Å². The molecule has 0 unspecified atom stereocenters. The lowest BCUT2D eigenvalue weighted by molar-refractivity contribution is 0.108. The van der Waals surface area contributed by atoms with Crippen LogP contribution in [0.1, 0.15) is 28.4 Å². The van der Waals surface area contributed by atoms with Gasteiger partial charge in [-0.25, -0.2) is 4.98 Å². The first-order chi connectivity index (χ1) is 13.7. The molecule has 6 heteroatoms. The van der Waals surface area contributed by atoms with Crippen molar-refractivity contribution in [3.05, 3.63) is 77.4 Å². The molecule has 1 heterocycles. The van der Waals surface area contributed by atoms with Crippen LogP contribution in [0.15, 0.2) is 65.7 Å². The minimum atomic E-state index is -0.240. The minimum absolute atomic E-state index is 0.117. The maximum Gasteiger partial charge on any atom is 0.233 e. The summed E-state index contributed by atoms with van der Waals surface area (Å²) < 4.78 is 5.55. The van der Waals surface area contributed by atoms with Crippen molar-refractivity contribution in [3.63, 3.8) is 0 Å². The molecule has 3 rings (SSSR count). The maximum atomic E-state index is 12.7. The number of nitriles is 2. The predicted octanol–water partition coefficient (Wildman–Crippen LogP) is 4.82. The summed E-state index contributed by atoms with van der Waals surface area (Å²) in [6.45, 7) is 2.09. The number of benzene rings is 2. The molecule has 0 saturated heterocycles. The smallest absolute Gasteiger partial charge is 0.233 e. The molecule has 136 valence electrons. The molecular weight excluding hydrogens is 370 g/mol. The van der Waals surface area contributed by atoms with Crippen LogP contribution in [0.4, 0.5) is 0 Å². The molecule has 0 amide bonds. The summed E-state index contributed by atoms with van der Waals surface area (Å²) in [5.41, 5.74) is 1.98. The zero-order valence-corrected chi connectivity index (χ0v) is 15.9. The summed E-state index contributed by atoms with van der Waals surface area (Å²) in [4.78, 5) is 17.0. The van der Waals surface area contributed by atoms with Gasteiger partial charge in [0.2, 0.25) is 11.0 Å². The van der Waals surface area contributed by atoms with Gasteiger partial charge in [-0.2, -0.15) is 10.5 Å². The van der Waals surface area contributed by atoms with E-state index in [1.807, 2.05) is 24.3 Å². The van der Waals surface area contributed by atoms with Crippen LogP contribution in [0.5, 0.6) is 5.88 Å². The third-order valence-electron chi connectivity index (χ3n) is 3.90. The van der Waals surface area contributed by atoms with E-state index in [4.69, 9.17) is 4.74 Å². The molecule has 0 aliphatic heterocycles. The van der Waals surface area contributed by atoms with Gasteiger partial charge in [0.25, 0.3) is 0 Å². The zero-order valence-electron chi connectivity index (χ0n) is 15.0. The Morgan fingerprint density at radius 2 is 1.61 bits per heavy atom. The Bertz CT molecular complexity index is 1080. The molecule has 0 aliphatic carbocycles. The fraction of sp³-hybridized carbons (Fsp3) is 0.0909. The number of aromatic nitrogens is 1. The average Bonchev–Trinajstić information content (AvgIpc) is 2.74. The number of thioether (sulfide) groups is 1. The monoisotopic (exact) mass is 385 g/mol. The second kappa shape index (κ2) is 8.85. The van der Waals surface area contributed by atoms with Crippen LogP contribution in [0.2, 0.25) is 0 Å². The fourth-order valence-corrected chi connectivity index (χ4v) is 3.49. The number of ether oxygens (including phenoxy) is 1. The Balaban J connectivity index is 2.20. The molecule has 2 aromatic carbocycles. The molecule has 28 heavy (non-hydrogen) atoms. The molecule has 0 spiro atoms. The highest BCUT2D eigenvalue weighted by molar-refractivity contribution is 8.14. The lowest BCUT2D eigenvalue weighted by Gasteiger charge is -2.14. The topological polar surface area (TPSA) is 86.8 Å². The molecule has 0 atom stereocenters. The third kappa shape index (κ3) is 3.88. The zero-order chi connectivity index (χ0) is 19.9. The van der Waals surface area contributed by atoms with Crippen LogP contribution >= 0.6 is 11.8 Å². The van der Waals surface area contributed by atoms with Gasteiger partial charge in [-0.3, -0.25) is 4.79 Å². The Morgan fingerprint density at radius 1 is 1.00 bits per heavy atom. The molecule has 0 bridgehead atoms. The Morgan fingerprint density at radius 3 is 2.18 bits per heavy atom. The summed E-state index contributed by atoms with van der Waals surface area (Å²) in [5.74, 6) is 0.117. The SMILES string of the molecule is CCOc1nc(SC(=O)c2ccccc2)c(C#N)c(-c2ccccc2)c1C#N. The van der Waals surface area contributed by atoms with Crippen LogP contribution < -0.4 is 4.74 Å². The summed E-state index contributed by atoms with van der Waals surface area (Å²) >= 11 is 0.854. The van der Waals surface area contributed by atoms with E-state index in [-0.39, 0.29) is 27.1 Å². The van der Waals surface area contributed by atoms with E-state index in [0.717, 1.165) is 11.8 Å². The van der Waals surface area contributed by atoms with Crippen molar-refractivity contribution >= 4 is 16.9 Å². The van der Waals surface area contributed by atoms with Crippen LogP contribution in [-0.2, 0) is 0 Å². The number of carbonyl (C=O) groups is 1. The van der Waals surface area contributed by atoms with Gasteiger partial charge in [0.05, 0.1) is 12.2 Å². The first-order valence-corrected chi connectivity index (χ1v) is 9.34. The number of pyridine rings is 1. The highest BCUT2D eigenvalue weighted by atomic mass is 32.2.